The molecule has 2 rings (SSSR count). The lowest BCUT2D eigenvalue weighted by Crippen LogP contribution is -2.47. The van der Waals surface area contributed by atoms with E-state index in [1.54, 1.807) is 7.11 Å². The number of ether oxygens (including phenoxy) is 2. The Morgan fingerprint density at radius 2 is 1.96 bits per heavy atom. The first-order valence-electron chi connectivity index (χ1n) is 7.45. The van der Waals surface area contributed by atoms with E-state index in [9.17, 15) is 12.8 Å². The van der Waals surface area contributed by atoms with E-state index in [-0.39, 0.29) is 35.0 Å². The average molecular weight is 383 g/mol. The molecule has 1 saturated heterocycles. The summed E-state index contributed by atoms with van der Waals surface area (Å²) in [6.45, 7) is 2.43. The minimum absolute atomic E-state index is 0. The van der Waals surface area contributed by atoms with Crippen LogP contribution >= 0.6 is 12.4 Å². The molecule has 0 atom stereocenters. The highest BCUT2D eigenvalue weighted by Crippen LogP contribution is 2.29. The van der Waals surface area contributed by atoms with Crippen molar-refractivity contribution in [2.45, 2.75) is 17.7 Å². The summed E-state index contributed by atoms with van der Waals surface area (Å²) in [7, 11) is -0.827. The van der Waals surface area contributed by atoms with Gasteiger partial charge in [-0.2, -0.15) is 0 Å². The van der Waals surface area contributed by atoms with E-state index in [2.05, 4.69) is 10.0 Å². The molecule has 138 valence electrons. The fourth-order valence-electron chi connectivity index (χ4n) is 2.77. The van der Waals surface area contributed by atoms with E-state index in [1.807, 2.05) is 0 Å². The Morgan fingerprint density at radius 3 is 2.54 bits per heavy atom. The zero-order valence-corrected chi connectivity index (χ0v) is 15.4. The SMILES string of the molecule is COCC1(CNS(=O)(=O)c2ccc(F)c(OC)c2)CCNCC1.Cl. The monoisotopic (exact) mass is 382 g/mol. The van der Waals surface area contributed by atoms with Crippen LogP contribution in [0.4, 0.5) is 4.39 Å². The third kappa shape index (κ3) is 5.03. The molecule has 0 saturated carbocycles. The lowest BCUT2D eigenvalue weighted by atomic mass is 9.80. The van der Waals surface area contributed by atoms with Crippen LogP contribution in [0.2, 0.25) is 0 Å². The molecule has 1 aliphatic heterocycles. The van der Waals surface area contributed by atoms with Gasteiger partial charge in [-0.25, -0.2) is 17.5 Å². The highest BCUT2D eigenvalue weighted by molar-refractivity contribution is 7.89. The van der Waals surface area contributed by atoms with E-state index in [1.165, 1.54) is 19.2 Å². The lowest BCUT2D eigenvalue weighted by molar-refractivity contribution is 0.0577. The van der Waals surface area contributed by atoms with Gasteiger partial charge in [-0.1, -0.05) is 0 Å². The van der Waals surface area contributed by atoms with Crippen LogP contribution in [0.25, 0.3) is 0 Å². The maximum atomic E-state index is 13.4. The summed E-state index contributed by atoms with van der Waals surface area (Å²) in [4.78, 5) is -0.0164. The van der Waals surface area contributed by atoms with Crippen molar-refractivity contribution in [3.8, 4) is 5.75 Å². The minimum Gasteiger partial charge on any atom is -0.494 e. The van der Waals surface area contributed by atoms with E-state index < -0.39 is 15.8 Å². The summed E-state index contributed by atoms with van der Waals surface area (Å²) >= 11 is 0. The molecular weight excluding hydrogens is 359 g/mol. The van der Waals surface area contributed by atoms with Crippen molar-refractivity contribution in [1.29, 1.82) is 0 Å². The minimum atomic E-state index is -3.74. The predicted molar refractivity (Wildman–Crippen MR) is 91.8 cm³/mol. The molecule has 0 amide bonds. The number of piperidine rings is 1. The fourth-order valence-corrected chi connectivity index (χ4v) is 3.95. The van der Waals surface area contributed by atoms with Crippen LogP contribution < -0.4 is 14.8 Å². The van der Waals surface area contributed by atoms with Gasteiger partial charge >= 0.3 is 0 Å². The Bertz CT molecular complexity index is 631. The van der Waals surface area contributed by atoms with Gasteiger partial charge in [0.05, 0.1) is 18.6 Å². The van der Waals surface area contributed by atoms with Crippen LogP contribution in [-0.4, -0.2) is 48.9 Å². The van der Waals surface area contributed by atoms with Gasteiger partial charge in [0.25, 0.3) is 0 Å². The third-order valence-electron chi connectivity index (χ3n) is 4.18. The molecule has 0 unspecified atom stereocenters. The molecule has 9 heteroatoms. The molecule has 0 aromatic heterocycles. The summed E-state index contributed by atoms with van der Waals surface area (Å²) in [5.41, 5.74) is -0.225. The number of benzene rings is 1. The normalized spacial score (nSPS) is 17.1. The standard InChI is InChI=1S/C15H23FN2O4S.ClH/c1-21-11-15(5-7-17-8-6-15)10-18-23(19,20)12-3-4-13(16)14(9-12)22-2;/h3-4,9,17-18H,5-8,10-11H2,1-2H3;1H. The van der Waals surface area contributed by atoms with Crippen LogP contribution in [0.1, 0.15) is 12.8 Å². The van der Waals surface area contributed by atoms with Gasteiger partial charge < -0.3 is 14.8 Å². The molecule has 0 spiro atoms. The van der Waals surface area contributed by atoms with E-state index in [4.69, 9.17) is 9.47 Å². The molecule has 24 heavy (non-hydrogen) atoms. The number of rotatable bonds is 7. The first-order chi connectivity index (χ1) is 10.9. The van der Waals surface area contributed by atoms with Crippen LogP contribution in [0.3, 0.4) is 0 Å². The van der Waals surface area contributed by atoms with Crippen LogP contribution in [0, 0.1) is 11.2 Å². The highest BCUT2D eigenvalue weighted by Gasteiger charge is 2.33. The largest absolute Gasteiger partial charge is 0.494 e. The fraction of sp³-hybridized carbons (Fsp3) is 0.600. The maximum Gasteiger partial charge on any atom is 0.240 e. The summed E-state index contributed by atoms with van der Waals surface area (Å²) in [5, 5.41) is 3.26. The predicted octanol–water partition coefficient (Wildman–Crippen LogP) is 1.55. The quantitative estimate of drug-likeness (QED) is 0.748. The smallest absolute Gasteiger partial charge is 0.240 e. The summed E-state index contributed by atoms with van der Waals surface area (Å²) in [6.07, 6.45) is 1.66. The second-order valence-corrected chi connectivity index (χ2v) is 7.57. The maximum absolute atomic E-state index is 13.4. The van der Waals surface area contributed by atoms with E-state index in [0.29, 0.717) is 6.61 Å². The van der Waals surface area contributed by atoms with Gasteiger partial charge in [-0.3, -0.25) is 0 Å². The molecule has 1 aromatic rings. The molecule has 1 aliphatic rings. The highest BCUT2D eigenvalue weighted by atomic mass is 35.5. The Labute approximate surface area is 148 Å². The van der Waals surface area contributed by atoms with Crippen molar-refractivity contribution >= 4 is 22.4 Å². The topological polar surface area (TPSA) is 76.7 Å². The molecule has 1 fully saturated rings. The molecule has 0 bridgehead atoms. The second kappa shape index (κ2) is 8.96. The van der Waals surface area contributed by atoms with Crippen molar-refractivity contribution < 1.29 is 22.3 Å². The Hall–Kier alpha value is -0.930. The number of nitrogens with one attached hydrogen (secondary N) is 2. The zero-order valence-electron chi connectivity index (χ0n) is 13.8. The van der Waals surface area contributed by atoms with Crippen LogP contribution in [0.15, 0.2) is 23.1 Å². The molecule has 1 heterocycles. The van der Waals surface area contributed by atoms with Gasteiger partial charge in [0.2, 0.25) is 10.0 Å². The molecular formula is C15H24ClFN2O4S. The van der Waals surface area contributed by atoms with E-state index >= 15 is 0 Å². The van der Waals surface area contributed by atoms with Crippen molar-refractivity contribution in [3.63, 3.8) is 0 Å². The number of sulfonamides is 1. The van der Waals surface area contributed by atoms with Crippen LogP contribution in [-0.2, 0) is 14.8 Å². The van der Waals surface area contributed by atoms with Gasteiger partial charge in [0, 0.05) is 25.1 Å². The van der Waals surface area contributed by atoms with Crippen LogP contribution in [0.5, 0.6) is 5.75 Å². The lowest BCUT2D eigenvalue weighted by Gasteiger charge is -2.37. The average Bonchev–Trinajstić information content (AvgIpc) is 2.55. The van der Waals surface area contributed by atoms with Gasteiger partial charge in [0.15, 0.2) is 11.6 Å². The van der Waals surface area contributed by atoms with Crippen molar-refractivity contribution in [1.82, 2.24) is 10.0 Å². The van der Waals surface area contributed by atoms with Crippen molar-refractivity contribution in [2.24, 2.45) is 5.41 Å². The number of halogens is 2. The summed E-state index contributed by atoms with van der Waals surface area (Å²) in [6, 6.07) is 3.50. The Balaban J connectivity index is 0.00000288. The first-order valence-corrected chi connectivity index (χ1v) is 8.94. The zero-order chi connectivity index (χ0) is 16.9. The molecule has 6 nitrogen and oxygen atoms in total. The third-order valence-corrected chi connectivity index (χ3v) is 5.58. The number of hydrogen-bond acceptors (Lipinski definition) is 5. The first kappa shape index (κ1) is 21.1. The molecule has 1 aromatic carbocycles. The molecule has 0 radical (unpaired) electrons. The summed E-state index contributed by atoms with van der Waals surface area (Å²) in [5.74, 6) is -0.693. The number of methoxy groups -OCH3 is 2. The molecule has 2 N–H and O–H groups in total. The summed E-state index contributed by atoms with van der Waals surface area (Å²) < 4.78 is 51.1. The van der Waals surface area contributed by atoms with Crippen molar-refractivity contribution in [3.05, 3.63) is 24.0 Å². The van der Waals surface area contributed by atoms with Crippen molar-refractivity contribution in [2.75, 3.05) is 40.5 Å². The Morgan fingerprint density at radius 1 is 1.29 bits per heavy atom. The molecule has 0 aliphatic carbocycles. The second-order valence-electron chi connectivity index (χ2n) is 5.80. The van der Waals surface area contributed by atoms with Gasteiger partial charge in [-0.05, 0) is 38.1 Å². The Kier molecular flexibility index (Phi) is 7.88. The number of hydrogen-bond donors (Lipinski definition) is 2. The van der Waals surface area contributed by atoms with Gasteiger partial charge in [-0.15, -0.1) is 12.4 Å². The van der Waals surface area contributed by atoms with Gasteiger partial charge in [0.1, 0.15) is 0 Å². The van der Waals surface area contributed by atoms with E-state index in [0.717, 1.165) is 32.0 Å².